The summed E-state index contributed by atoms with van der Waals surface area (Å²) >= 11 is 6.10. The lowest BCUT2D eigenvalue weighted by molar-refractivity contribution is -0.139. The highest BCUT2D eigenvalue weighted by molar-refractivity contribution is 9.10. The molecule has 3 aromatic heterocycles. The first kappa shape index (κ1) is 29.0. The maximum Gasteiger partial charge on any atom is 0.338 e. The number of hydrogen-bond donors (Lipinski definition) is 0. The summed E-state index contributed by atoms with van der Waals surface area (Å²) in [6.07, 6.45) is 4.73. The summed E-state index contributed by atoms with van der Waals surface area (Å²) in [6, 6.07) is 10.2. The fourth-order valence-electron chi connectivity index (χ4n) is 4.45. The van der Waals surface area contributed by atoms with E-state index in [0.29, 0.717) is 53.3 Å². The van der Waals surface area contributed by atoms with E-state index in [-0.39, 0.29) is 12.2 Å². The van der Waals surface area contributed by atoms with Crippen LogP contribution in [0, 0.1) is 6.92 Å². The van der Waals surface area contributed by atoms with Crippen molar-refractivity contribution in [2.75, 3.05) is 13.7 Å². The van der Waals surface area contributed by atoms with Crippen LogP contribution in [0.1, 0.15) is 49.7 Å². The molecule has 1 aliphatic rings. The van der Waals surface area contributed by atoms with Crippen LogP contribution in [0.2, 0.25) is 0 Å². The van der Waals surface area contributed by atoms with Crippen LogP contribution in [0.5, 0.6) is 5.75 Å². The molecule has 0 saturated heterocycles. The Morgan fingerprint density at radius 2 is 2.07 bits per heavy atom. The van der Waals surface area contributed by atoms with Crippen LogP contribution in [0.25, 0.3) is 6.08 Å². The summed E-state index contributed by atoms with van der Waals surface area (Å²) in [4.78, 5) is 41.2. The lowest BCUT2D eigenvalue weighted by Gasteiger charge is -2.26. The topological polar surface area (TPSA) is 109 Å². The Morgan fingerprint density at radius 3 is 2.78 bits per heavy atom. The molecule has 1 aliphatic heterocycles. The van der Waals surface area contributed by atoms with Gasteiger partial charge in [-0.2, -0.15) is 0 Å². The molecule has 0 unspecified atom stereocenters. The van der Waals surface area contributed by atoms with Crippen molar-refractivity contribution in [1.29, 1.82) is 0 Å². The number of benzene rings is 1. The molecule has 0 amide bonds. The molecule has 0 aliphatic carbocycles. The van der Waals surface area contributed by atoms with Crippen molar-refractivity contribution in [2.24, 2.45) is 4.99 Å². The molecule has 0 bridgehead atoms. The Bertz CT molecular complexity index is 1820. The van der Waals surface area contributed by atoms with E-state index in [1.54, 1.807) is 43.0 Å². The third kappa shape index (κ3) is 6.09. The number of thiazole rings is 1. The number of aryl methyl sites for hydroxylation is 1. The number of aromatic nitrogens is 3. The number of allylic oxidation sites excluding steroid dienone is 1. The van der Waals surface area contributed by atoms with Crippen molar-refractivity contribution >= 4 is 51.1 Å². The van der Waals surface area contributed by atoms with Crippen molar-refractivity contribution in [3.63, 3.8) is 0 Å². The van der Waals surface area contributed by atoms with Crippen LogP contribution in [0.3, 0.4) is 0 Å². The fraction of sp³-hybridized carbons (Fsp3) is 0.276. The van der Waals surface area contributed by atoms with Crippen molar-refractivity contribution < 1.29 is 18.7 Å². The molecule has 4 aromatic rings. The summed E-state index contributed by atoms with van der Waals surface area (Å²) in [5, 5.41) is 1.18. The average Bonchev–Trinajstić information content (AvgIpc) is 3.51. The van der Waals surface area contributed by atoms with Gasteiger partial charge in [-0.25, -0.2) is 19.8 Å². The van der Waals surface area contributed by atoms with E-state index in [1.165, 1.54) is 23.1 Å². The van der Waals surface area contributed by atoms with Gasteiger partial charge in [0.15, 0.2) is 15.1 Å². The number of carbonyl (C=O) groups excluding carboxylic acids is 1. The molecular weight excluding hydrogens is 628 g/mol. The third-order valence-electron chi connectivity index (χ3n) is 6.22. The number of hydrogen-bond acceptors (Lipinski definition) is 10. The number of methoxy groups -OCH3 is 1. The van der Waals surface area contributed by atoms with Crippen molar-refractivity contribution in [1.82, 2.24) is 14.5 Å². The predicted molar refractivity (Wildman–Crippen MR) is 160 cm³/mol. The molecular formula is C29H27BrN4O5S2. The minimum absolute atomic E-state index is 0.206. The number of fused-ring (bicyclic) bond motifs is 1. The van der Waals surface area contributed by atoms with E-state index < -0.39 is 12.0 Å². The zero-order valence-corrected chi connectivity index (χ0v) is 26.1. The van der Waals surface area contributed by atoms with Crippen LogP contribution in [0.15, 0.2) is 82.8 Å². The van der Waals surface area contributed by atoms with E-state index in [1.807, 2.05) is 38.1 Å². The number of furan rings is 1. The molecule has 0 spiro atoms. The Kier molecular flexibility index (Phi) is 8.91. The van der Waals surface area contributed by atoms with Gasteiger partial charge in [-0.1, -0.05) is 30.7 Å². The molecule has 12 heteroatoms. The second-order valence-corrected chi connectivity index (χ2v) is 11.9. The zero-order chi connectivity index (χ0) is 29.1. The van der Waals surface area contributed by atoms with Gasteiger partial charge in [0.2, 0.25) is 0 Å². The van der Waals surface area contributed by atoms with Gasteiger partial charge in [-0.05, 0) is 83.9 Å². The van der Waals surface area contributed by atoms with Crippen LogP contribution < -0.4 is 19.6 Å². The number of halogens is 1. The maximum atomic E-state index is 13.9. The van der Waals surface area contributed by atoms with E-state index in [0.717, 1.165) is 17.7 Å². The fourth-order valence-corrected chi connectivity index (χ4v) is 6.77. The summed E-state index contributed by atoms with van der Waals surface area (Å²) in [5.41, 5.74) is 2.28. The number of ether oxygens (including phenoxy) is 2. The van der Waals surface area contributed by atoms with Crippen molar-refractivity contribution in [3.05, 3.63) is 95.0 Å². The molecule has 1 aromatic carbocycles. The molecule has 1 atom stereocenters. The smallest absolute Gasteiger partial charge is 0.338 e. The van der Waals surface area contributed by atoms with E-state index >= 15 is 0 Å². The minimum atomic E-state index is -0.725. The normalized spacial score (nSPS) is 15.0. The molecule has 0 fully saturated rings. The highest BCUT2D eigenvalue weighted by Gasteiger charge is 2.34. The quantitative estimate of drug-likeness (QED) is 0.179. The van der Waals surface area contributed by atoms with Gasteiger partial charge >= 0.3 is 5.97 Å². The molecule has 212 valence electrons. The van der Waals surface area contributed by atoms with Gasteiger partial charge < -0.3 is 13.9 Å². The molecule has 9 nitrogen and oxygen atoms in total. The second kappa shape index (κ2) is 12.6. The van der Waals surface area contributed by atoms with Crippen molar-refractivity contribution in [3.8, 4) is 5.75 Å². The van der Waals surface area contributed by atoms with Crippen LogP contribution >= 0.6 is 39.0 Å². The Morgan fingerprint density at radius 1 is 1.24 bits per heavy atom. The first-order valence-corrected chi connectivity index (χ1v) is 15.4. The molecule has 0 radical (unpaired) electrons. The van der Waals surface area contributed by atoms with E-state index in [4.69, 9.17) is 18.9 Å². The molecule has 0 N–H and O–H groups in total. The number of esters is 1. The SMILES string of the molecule is CCCC1=C(C(=O)OCC)[C@@H](c2ccc(OC)c(Br)c2)n2c(s/c(=C/c3ccc(Sc4nccc(C)n4)o3)c2=O)=N1. The van der Waals surface area contributed by atoms with Gasteiger partial charge in [-0.15, -0.1) is 0 Å². The highest BCUT2D eigenvalue weighted by atomic mass is 79.9. The molecule has 0 saturated carbocycles. The van der Waals surface area contributed by atoms with E-state index in [2.05, 4.69) is 25.9 Å². The Labute approximate surface area is 252 Å². The van der Waals surface area contributed by atoms with Crippen molar-refractivity contribution in [2.45, 2.75) is 49.9 Å². The number of carbonyl (C=O) groups is 1. The molecule has 41 heavy (non-hydrogen) atoms. The first-order chi connectivity index (χ1) is 19.8. The van der Waals surface area contributed by atoms with Crippen LogP contribution in [-0.2, 0) is 9.53 Å². The van der Waals surface area contributed by atoms with Crippen LogP contribution in [0.4, 0.5) is 0 Å². The summed E-state index contributed by atoms with van der Waals surface area (Å²) in [6.45, 7) is 5.88. The highest BCUT2D eigenvalue weighted by Crippen LogP contribution is 2.36. The molecule has 5 rings (SSSR count). The second-order valence-electron chi connectivity index (χ2n) is 9.05. The first-order valence-electron chi connectivity index (χ1n) is 13.0. The average molecular weight is 656 g/mol. The Hall–Kier alpha value is -3.48. The third-order valence-corrected chi connectivity index (χ3v) is 8.63. The standard InChI is InChI=1S/C29H27BrN4O5S2/c1-5-7-20-24(27(36)38-6-2)25(17-8-10-21(37-4)19(30)14-17)34-26(35)22(40-29(34)33-20)15-18-9-11-23(39-18)41-28-31-13-12-16(3)32-28/h8-15,25H,5-7H2,1-4H3/b22-15+/t25-/m1/s1. The summed E-state index contributed by atoms with van der Waals surface area (Å²) < 4.78 is 19.5. The number of nitrogens with zero attached hydrogens (tertiary/aromatic N) is 4. The number of rotatable bonds is 9. The predicted octanol–water partition coefficient (Wildman–Crippen LogP) is 5.19. The van der Waals surface area contributed by atoms with Gasteiger partial charge in [0, 0.05) is 18.0 Å². The van der Waals surface area contributed by atoms with Gasteiger partial charge in [0.05, 0.1) is 40.0 Å². The zero-order valence-electron chi connectivity index (χ0n) is 22.8. The minimum Gasteiger partial charge on any atom is -0.496 e. The Balaban J connectivity index is 1.63. The summed E-state index contributed by atoms with van der Waals surface area (Å²) in [5.74, 6) is 0.656. The van der Waals surface area contributed by atoms with E-state index in [9.17, 15) is 9.59 Å². The van der Waals surface area contributed by atoms with Crippen LogP contribution in [-0.4, -0.2) is 34.2 Å². The van der Waals surface area contributed by atoms with Gasteiger partial charge in [-0.3, -0.25) is 9.36 Å². The lowest BCUT2D eigenvalue weighted by atomic mass is 9.94. The van der Waals surface area contributed by atoms with Gasteiger partial charge in [0.25, 0.3) is 5.56 Å². The lowest BCUT2D eigenvalue weighted by Crippen LogP contribution is -2.40. The summed E-state index contributed by atoms with van der Waals surface area (Å²) in [7, 11) is 1.58. The largest absolute Gasteiger partial charge is 0.496 e. The maximum absolute atomic E-state index is 13.9. The monoisotopic (exact) mass is 654 g/mol. The molecule has 4 heterocycles. The van der Waals surface area contributed by atoms with Gasteiger partial charge in [0.1, 0.15) is 11.5 Å².